The molecule has 1 heterocycles. The van der Waals surface area contributed by atoms with Crippen LogP contribution in [0.1, 0.15) is 0 Å². The van der Waals surface area contributed by atoms with Crippen LogP contribution >= 0.6 is 10.0 Å². The molecule has 206 valence electrons. The van der Waals surface area contributed by atoms with Crippen LogP contribution in [0.4, 0.5) is 17.1 Å². The van der Waals surface area contributed by atoms with E-state index in [1.807, 2.05) is 0 Å². The van der Waals surface area contributed by atoms with Gasteiger partial charge < -0.3 is 9.32 Å². The van der Waals surface area contributed by atoms with Gasteiger partial charge in [0.15, 0.2) is 5.58 Å². The van der Waals surface area contributed by atoms with Crippen molar-refractivity contribution in [1.82, 2.24) is 0 Å². The van der Waals surface area contributed by atoms with Crippen LogP contribution in [0.15, 0.2) is 155 Å². The minimum absolute atomic E-state index is 0.905. The topological polar surface area (TPSA) is 16.4 Å². The third kappa shape index (κ3) is 4.76. The van der Waals surface area contributed by atoms with E-state index in [1.54, 1.807) is 0 Å². The van der Waals surface area contributed by atoms with Crippen molar-refractivity contribution >= 4 is 49.0 Å². The zero-order chi connectivity index (χ0) is 28.7. The minimum Gasteiger partial charge on any atom is -0.453 e. The molecule has 7 aromatic rings. The summed E-state index contributed by atoms with van der Waals surface area (Å²) in [4.78, 5) is 3.62. The van der Waals surface area contributed by atoms with Crippen LogP contribution in [0.2, 0.25) is 0 Å². The van der Waals surface area contributed by atoms with Crippen molar-refractivity contribution < 1.29 is 4.42 Å². The monoisotopic (exact) mass is 563 g/mol. The number of fused-ring (bicyclic) bond motifs is 3. The van der Waals surface area contributed by atoms with Crippen LogP contribution in [-0.4, -0.2) is 18.8 Å². The summed E-state index contributed by atoms with van der Waals surface area (Å²) in [6, 6.07) is 51.8. The number of rotatable bonds is 6. The van der Waals surface area contributed by atoms with Gasteiger partial charge in [0.1, 0.15) is 5.58 Å². The van der Waals surface area contributed by atoms with Crippen LogP contribution in [0.25, 0.3) is 44.2 Å². The molecule has 0 unspecified atom stereocenters. The van der Waals surface area contributed by atoms with E-state index < -0.39 is 10.0 Å². The second-order valence-corrected chi connectivity index (χ2v) is 15.5. The van der Waals surface area contributed by atoms with Crippen molar-refractivity contribution in [3.05, 3.63) is 146 Å². The van der Waals surface area contributed by atoms with Crippen molar-refractivity contribution in [2.24, 2.45) is 0 Å². The number of benzene rings is 6. The van der Waals surface area contributed by atoms with E-state index in [4.69, 9.17) is 4.42 Å². The van der Waals surface area contributed by atoms with E-state index in [1.165, 1.54) is 32.5 Å². The first-order chi connectivity index (χ1) is 20.5. The summed E-state index contributed by atoms with van der Waals surface area (Å²) in [5, 5.41) is 2.31. The summed E-state index contributed by atoms with van der Waals surface area (Å²) >= 11 is 0. The molecule has 0 spiro atoms. The molecule has 0 amide bonds. The van der Waals surface area contributed by atoms with Crippen molar-refractivity contribution in [3.8, 4) is 22.3 Å². The molecule has 0 bridgehead atoms. The van der Waals surface area contributed by atoms with Crippen molar-refractivity contribution in [1.29, 1.82) is 0 Å². The molecule has 0 aliphatic rings. The molecule has 0 fully saturated rings. The van der Waals surface area contributed by atoms with Gasteiger partial charge in [-0.3, -0.25) is 0 Å². The van der Waals surface area contributed by atoms with Gasteiger partial charge in [0.05, 0.1) is 5.69 Å². The van der Waals surface area contributed by atoms with Gasteiger partial charge in [-0.15, -0.1) is 0 Å². The Labute approximate surface area is 249 Å². The van der Waals surface area contributed by atoms with Crippen LogP contribution in [0.3, 0.4) is 0 Å². The van der Waals surface area contributed by atoms with E-state index in [9.17, 15) is 0 Å². The first-order valence-electron chi connectivity index (χ1n) is 14.2. The molecular formula is C39H33NOS. The molecule has 0 N–H and O–H groups in total. The Bertz CT molecular complexity index is 1900. The van der Waals surface area contributed by atoms with Gasteiger partial charge >= 0.3 is 0 Å². The average molecular weight is 564 g/mol. The summed E-state index contributed by atoms with van der Waals surface area (Å²) in [5.41, 5.74) is 9.90. The molecule has 2 nitrogen and oxygen atoms in total. The fourth-order valence-electron chi connectivity index (χ4n) is 5.73. The average Bonchev–Trinajstić information content (AvgIpc) is 3.42. The van der Waals surface area contributed by atoms with Gasteiger partial charge in [-0.2, -0.15) is 0 Å². The summed E-state index contributed by atoms with van der Waals surface area (Å²) in [6.45, 7) is 0. The van der Waals surface area contributed by atoms with Gasteiger partial charge in [-0.05, 0) is 77.4 Å². The van der Waals surface area contributed by atoms with Gasteiger partial charge in [-0.25, -0.2) is 10.0 Å². The molecule has 0 saturated heterocycles. The quantitative estimate of drug-likeness (QED) is 0.200. The second-order valence-electron chi connectivity index (χ2n) is 11.4. The van der Waals surface area contributed by atoms with Crippen molar-refractivity contribution in [2.45, 2.75) is 4.90 Å². The Morgan fingerprint density at radius 3 is 1.38 bits per heavy atom. The number of anilines is 3. The number of furan rings is 1. The Balaban J connectivity index is 1.41. The normalized spacial score (nSPS) is 12.1. The maximum absolute atomic E-state index is 6.83. The molecule has 3 heteroatoms. The lowest BCUT2D eigenvalue weighted by molar-refractivity contribution is 0.660. The van der Waals surface area contributed by atoms with Gasteiger partial charge in [0.2, 0.25) is 0 Å². The zero-order valence-corrected chi connectivity index (χ0v) is 24.9. The summed E-state index contributed by atoms with van der Waals surface area (Å²) in [6.07, 6.45) is 6.97. The summed E-state index contributed by atoms with van der Waals surface area (Å²) in [5.74, 6) is 0. The molecule has 7 rings (SSSR count). The van der Waals surface area contributed by atoms with E-state index >= 15 is 0 Å². The fourth-order valence-corrected chi connectivity index (χ4v) is 6.93. The lowest BCUT2D eigenvalue weighted by atomic mass is 10.0. The lowest BCUT2D eigenvalue weighted by Gasteiger charge is -2.26. The highest BCUT2D eigenvalue weighted by Crippen LogP contribution is 2.51. The second kappa shape index (κ2) is 10.6. The van der Waals surface area contributed by atoms with Gasteiger partial charge in [-0.1, -0.05) is 109 Å². The number of nitrogens with zero attached hydrogens (tertiary/aromatic N) is 1. The van der Waals surface area contributed by atoms with Crippen LogP contribution in [0.5, 0.6) is 0 Å². The Hall–Kier alpha value is -4.73. The van der Waals surface area contributed by atoms with E-state index in [0.717, 1.165) is 33.6 Å². The smallest absolute Gasteiger partial charge is 0.159 e. The van der Waals surface area contributed by atoms with E-state index in [-0.39, 0.29) is 0 Å². The lowest BCUT2D eigenvalue weighted by Crippen LogP contribution is -2.10. The maximum atomic E-state index is 6.83. The molecule has 0 saturated carbocycles. The van der Waals surface area contributed by atoms with E-state index in [2.05, 4.69) is 169 Å². The third-order valence-electron chi connectivity index (χ3n) is 7.83. The van der Waals surface area contributed by atoms with Crippen LogP contribution < -0.4 is 4.90 Å². The number of para-hydroxylation sites is 2. The third-order valence-corrected chi connectivity index (χ3v) is 9.47. The van der Waals surface area contributed by atoms with Crippen LogP contribution in [-0.2, 0) is 0 Å². The predicted molar refractivity (Wildman–Crippen MR) is 183 cm³/mol. The van der Waals surface area contributed by atoms with Gasteiger partial charge in [0, 0.05) is 27.0 Å². The minimum atomic E-state index is -0.984. The SMILES string of the molecule is CS(C)(C)c1cccc2c1oc1c(N(c3ccc(-c4ccccc4)cc3)c3ccc(-c4ccccc4)cc3)cccc12. The zero-order valence-electron chi connectivity index (χ0n) is 24.1. The molecular weight excluding hydrogens is 531 g/mol. The Kier molecular flexibility index (Phi) is 6.60. The highest BCUT2D eigenvalue weighted by Gasteiger charge is 2.22. The highest BCUT2D eigenvalue weighted by molar-refractivity contribution is 8.32. The van der Waals surface area contributed by atoms with Crippen molar-refractivity contribution in [2.75, 3.05) is 23.7 Å². The van der Waals surface area contributed by atoms with Gasteiger partial charge in [0.25, 0.3) is 0 Å². The fraction of sp³-hybridized carbons (Fsp3) is 0.0769. The predicted octanol–water partition coefficient (Wildman–Crippen LogP) is 11.4. The molecule has 1 aromatic heterocycles. The molecule has 6 aromatic carbocycles. The largest absolute Gasteiger partial charge is 0.453 e. The molecule has 0 atom stereocenters. The first kappa shape index (κ1) is 26.2. The molecule has 0 radical (unpaired) electrons. The highest BCUT2D eigenvalue weighted by atomic mass is 32.3. The Morgan fingerprint density at radius 2 is 0.881 bits per heavy atom. The van der Waals surface area contributed by atoms with Crippen molar-refractivity contribution in [3.63, 3.8) is 0 Å². The maximum Gasteiger partial charge on any atom is 0.159 e. The standard InChI is InChI=1S/C39H33NOS/c1-42(2,3)37-19-11-17-35-34-16-10-18-36(38(34)41-39(35)37)40(32-24-20-30(21-25-32)28-12-6-4-7-13-28)33-26-22-31(23-27-33)29-14-8-5-9-15-29/h4-27H,1-3H3. The molecule has 0 aliphatic heterocycles. The summed E-state index contributed by atoms with van der Waals surface area (Å²) in [7, 11) is -0.984. The summed E-state index contributed by atoms with van der Waals surface area (Å²) < 4.78 is 6.83. The first-order valence-corrected chi connectivity index (χ1v) is 17.1. The van der Waals surface area contributed by atoms with Crippen LogP contribution in [0, 0.1) is 0 Å². The number of hydrogen-bond acceptors (Lipinski definition) is 2. The molecule has 42 heavy (non-hydrogen) atoms. The number of hydrogen-bond donors (Lipinski definition) is 0. The Morgan fingerprint density at radius 1 is 0.429 bits per heavy atom. The van der Waals surface area contributed by atoms with E-state index in [0.29, 0.717) is 0 Å². The molecule has 0 aliphatic carbocycles.